The number of anilines is 1. The minimum Gasteiger partial charge on any atom is -0.359 e. The van der Waals surface area contributed by atoms with E-state index in [0.29, 0.717) is 5.82 Å². The highest BCUT2D eigenvalue weighted by Crippen LogP contribution is 2.21. The minimum atomic E-state index is -0.00829. The maximum Gasteiger partial charge on any atom is 0.241 e. The van der Waals surface area contributed by atoms with Crippen molar-refractivity contribution in [3.05, 3.63) is 12.0 Å². The highest BCUT2D eigenvalue weighted by molar-refractivity contribution is 5.89. The number of hydrogen-bond donors (Lipinski definition) is 1. The summed E-state index contributed by atoms with van der Waals surface area (Å²) >= 11 is 0. The lowest BCUT2D eigenvalue weighted by molar-refractivity contribution is -0.126. The number of aryl methyl sites for hydroxylation is 2. The Labute approximate surface area is 111 Å². The van der Waals surface area contributed by atoms with Crippen molar-refractivity contribution in [2.75, 3.05) is 26.0 Å². The van der Waals surface area contributed by atoms with Crippen LogP contribution in [-0.2, 0) is 11.3 Å². The van der Waals surface area contributed by atoms with Gasteiger partial charge in [0.1, 0.15) is 17.4 Å². The molecule has 1 N–H and O–H groups in total. The van der Waals surface area contributed by atoms with Crippen LogP contribution in [0.2, 0.25) is 0 Å². The molecule has 7 heteroatoms. The van der Waals surface area contributed by atoms with Crippen LogP contribution >= 0.6 is 0 Å². The number of hydrogen-bond acceptors (Lipinski definition) is 5. The predicted molar refractivity (Wildman–Crippen MR) is 72.9 cm³/mol. The van der Waals surface area contributed by atoms with Gasteiger partial charge in [-0.2, -0.15) is 5.10 Å². The van der Waals surface area contributed by atoms with Gasteiger partial charge in [0.15, 0.2) is 5.82 Å². The van der Waals surface area contributed by atoms with E-state index in [1.807, 2.05) is 18.5 Å². The van der Waals surface area contributed by atoms with Gasteiger partial charge in [0, 0.05) is 20.6 Å². The fraction of sp³-hybridized carbons (Fsp3) is 0.500. The number of aromatic nitrogens is 4. The number of carbonyl (C=O) groups excluding carboxylic acids is 1. The molecule has 0 fully saturated rings. The molecule has 0 unspecified atom stereocenters. The van der Waals surface area contributed by atoms with Crippen molar-refractivity contribution < 1.29 is 4.79 Å². The van der Waals surface area contributed by atoms with Gasteiger partial charge in [-0.1, -0.05) is 0 Å². The summed E-state index contributed by atoms with van der Waals surface area (Å²) in [5, 5.41) is 7.46. The molecule has 0 spiro atoms. The summed E-state index contributed by atoms with van der Waals surface area (Å²) in [6.07, 6.45) is 1.49. The van der Waals surface area contributed by atoms with Gasteiger partial charge in [-0.15, -0.1) is 0 Å². The molecule has 2 rings (SSSR count). The first-order chi connectivity index (χ1) is 9.04. The van der Waals surface area contributed by atoms with Gasteiger partial charge in [0.05, 0.1) is 12.2 Å². The molecule has 0 saturated carbocycles. The summed E-state index contributed by atoms with van der Waals surface area (Å²) in [5.74, 6) is 0.633. The molecule has 0 aliphatic rings. The zero-order valence-corrected chi connectivity index (χ0v) is 11.6. The predicted octanol–water partition coefficient (Wildman–Crippen LogP) is 0.655. The number of nitrogens with zero attached hydrogens (tertiary/aromatic N) is 5. The third-order valence-corrected chi connectivity index (χ3v) is 2.90. The van der Waals surface area contributed by atoms with E-state index in [1.165, 1.54) is 11.2 Å². The lowest BCUT2D eigenvalue weighted by atomic mass is 10.3. The van der Waals surface area contributed by atoms with Crippen LogP contribution in [0.25, 0.3) is 11.0 Å². The van der Waals surface area contributed by atoms with E-state index in [0.717, 1.165) is 23.3 Å². The Balaban J connectivity index is 2.35. The molecule has 102 valence electrons. The maximum absolute atomic E-state index is 11.6. The molecule has 0 aliphatic carbocycles. The summed E-state index contributed by atoms with van der Waals surface area (Å²) in [7, 11) is 3.44. The van der Waals surface area contributed by atoms with E-state index in [-0.39, 0.29) is 12.5 Å². The first-order valence-corrected chi connectivity index (χ1v) is 6.16. The average molecular weight is 262 g/mol. The fourth-order valence-corrected chi connectivity index (χ4v) is 1.84. The first kappa shape index (κ1) is 13.3. The van der Waals surface area contributed by atoms with Crippen molar-refractivity contribution >= 4 is 22.8 Å². The third-order valence-electron chi connectivity index (χ3n) is 2.90. The van der Waals surface area contributed by atoms with Gasteiger partial charge in [0.2, 0.25) is 5.91 Å². The van der Waals surface area contributed by atoms with Crippen LogP contribution in [0.1, 0.15) is 12.6 Å². The maximum atomic E-state index is 11.6. The Kier molecular flexibility index (Phi) is 3.64. The number of rotatable bonds is 4. The smallest absolute Gasteiger partial charge is 0.241 e. The van der Waals surface area contributed by atoms with Crippen molar-refractivity contribution in [3.63, 3.8) is 0 Å². The van der Waals surface area contributed by atoms with Crippen LogP contribution < -0.4 is 5.32 Å². The van der Waals surface area contributed by atoms with Crippen LogP contribution in [0.15, 0.2) is 6.33 Å². The van der Waals surface area contributed by atoms with E-state index in [1.54, 1.807) is 14.1 Å². The second kappa shape index (κ2) is 5.21. The van der Waals surface area contributed by atoms with E-state index >= 15 is 0 Å². The molecule has 0 aromatic carbocycles. The summed E-state index contributed by atoms with van der Waals surface area (Å²) < 4.78 is 1.84. The van der Waals surface area contributed by atoms with E-state index in [9.17, 15) is 4.79 Å². The minimum absolute atomic E-state index is 0.00829. The van der Waals surface area contributed by atoms with Gasteiger partial charge in [-0.3, -0.25) is 9.48 Å². The number of amides is 1. The fourth-order valence-electron chi connectivity index (χ4n) is 1.84. The molecule has 2 aromatic heterocycles. The summed E-state index contributed by atoms with van der Waals surface area (Å²) in [5.41, 5.74) is 2.52. The molecular weight excluding hydrogens is 244 g/mol. The van der Waals surface area contributed by atoms with Gasteiger partial charge in [-0.25, -0.2) is 9.97 Å². The molecule has 0 saturated heterocycles. The topological polar surface area (TPSA) is 75.9 Å². The number of carbonyl (C=O) groups is 1. The molecule has 0 radical (unpaired) electrons. The largest absolute Gasteiger partial charge is 0.359 e. The Morgan fingerprint density at radius 3 is 2.79 bits per heavy atom. The van der Waals surface area contributed by atoms with Crippen LogP contribution in [0, 0.1) is 6.92 Å². The van der Waals surface area contributed by atoms with Gasteiger partial charge in [-0.05, 0) is 13.8 Å². The van der Waals surface area contributed by atoms with Crippen molar-refractivity contribution in [2.24, 2.45) is 0 Å². The Bertz CT molecular complexity index is 604. The van der Waals surface area contributed by atoms with E-state index < -0.39 is 0 Å². The van der Waals surface area contributed by atoms with Gasteiger partial charge < -0.3 is 10.2 Å². The number of nitrogens with one attached hydrogen (secondary N) is 1. The number of fused-ring (bicyclic) bond motifs is 1. The van der Waals surface area contributed by atoms with Crippen molar-refractivity contribution in [3.8, 4) is 0 Å². The Morgan fingerprint density at radius 2 is 2.16 bits per heavy atom. The van der Waals surface area contributed by atoms with E-state index in [2.05, 4.69) is 20.4 Å². The van der Waals surface area contributed by atoms with Crippen LogP contribution in [0.4, 0.5) is 5.82 Å². The van der Waals surface area contributed by atoms with Crippen molar-refractivity contribution in [1.29, 1.82) is 0 Å². The summed E-state index contributed by atoms with van der Waals surface area (Å²) in [4.78, 5) is 21.6. The van der Waals surface area contributed by atoms with Crippen molar-refractivity contribution in [1.82, 2.24) is 24.6 Å². The molecule has 2 heterocycles. The Hall–Kier alpha value is -2.18. The monoisotopic (exact) mass is 262 g/mol. The molecule has 0 atom stereocenters. The van der Waals surface area contributed by atoms with Crippen LogP contribution in [-0.4, -0.2) is 51.2 Å². The highest BCUT2D eigenvalue weighted by atomic mass is 16.2. The van der Waals surface area contributed by atoms with Gasteiger partial charge in [0.25, 0.3) is 0 Å². The molecule has 0 bridgehead atoms. The zero-order chi connectivity index (χ0) is 14.0. The van der Waals surface area contributed by atoms with E-state index in [4.69, 9.17) is 0 Å². The average Bonchev–Trinajstić information content (AvgIpc) is 2.73. The summed E-state index contributed by atoms with van der Waals surface area (Å²) in [6, 6.07) is 0. The SMILES string of the molecule is CCn1nc(C)c2ncnc(NCC(=O)N(C)C)c21. The second-order valence-electron chi connectivity index (χ2n) is 4.46. The lowest BCUT2D eigenvalue weighted by Gasteiger charge is -2.12. The summed E-state index contributed by atoms with van der Waals surface area (Å²) in [6.45, 7) is 4.85. The van der Waals surface area contributed by atoms with Crippen molar-refractivity contribution in [2.45, 2.75) is 20.4 Å². The molecule has 1 amide bonds. The third kappa shape index (κ3) is 2.49. The molecule has 19 heavy (non-hydrogen) atoms. The lowest BCUT2D eigenvalue weighted by Crippen LogP contribution is -2.29. The first-order valence-electron chi connectivity index (χ1n) is 6.16. The number of likely N-dealkylation sites (N-methyl/N-ethyl adjacent to an activating group) is 1. The zero-order valence-electron chi connectivity index (χ0n) is 11.6. The van der Waals surface area contributed by atoms with Gasteiger partial charge >= 0.3 is 0 Å². The molecular formula is C12H18N6O. The molecule has 0 aliphatic heterocycles. The molecule has 2 aromatic rings. The highest BCUT2D eigenvalue weighted by Gasteiger charge is 2.14. The quantitative estimate of drug-likeness (QED) is 0.875. The second-order valence-corrected chi connectivity index (χ2v) is 4.46. The Morgan fingerprint density at radius 1 is 1.42 bits per heavy atom. The standard InChI is InChI=1S/C12H18N6O/c1-5-18-11-10(8(2)16-18)14-7-15-12(11)13-6-9(19)17(3)4/h7H,5-6H2,1-4H3,(H,13,14,15). The normalized spacial score (nSPS) is 10.7. The van der Waals surface area contributed by atoms with Crippen LogP contribution in [0.3, 0.4) is 0 Å². The molecule has 7 nitrogen and oxygen atoms in total. The van der Waals surface area contributed by atoms with Crippen LogP contribution in [0.5, 0.6) is 0 Å².